The van der Waals surface area contributed by atoms with Crippen LogP contribution < -0.4 is 5.56 Å². The van der Waals surface area contributed by atoms with Crippen molar-refractivity contribution in [1.29, 1.82) is 0 Å². The quantitative estimate of drug-likeness (QED) is 0.814. The molecule has 2 rings (SSSR count). The van der Waals surface area contributed by atoms with Crippen LogP contribution in [0.3, 0.4) is 0 Å². The van der Waals surface area contributed by atoms with Crippen molar-refractivity contribution >= 4 is 11.8 Å². The van der Waals surface area contributed by atoms with Gasteiger partial charge in [-0.15, -0.1) is 11.8 Å². The number of aromatic amines is 1. The van der Waals surface area contributed by atoms with Crippen LogP contribution in [0.1, 0.15) is 0 Å². The summed E-state index contributed by atoms with van der Waals surface area (Å²) in [5.41, 5.74) is 0.503. The standard InChI is InChI=1S/C11H9FN2OS/c1-16-7-2-3-8(9(12)6-7)10-4-5-11(15)14-13-10/h2-6H,1H3,(H,14,15). The highest BCUT2D eigenvalue weighted by molar-refractivity contribution is 7.98. The van der Waals surface area contributed by atoms with Gasteiger partial charge in [-0.2, -0.15) is 5.10 Å². The zero-order valence-corrected chi connectivity index (χ0v) is 9.34. The van der Waals surface area contributed by atoms with Gasteiger partial charge < -0.3 is 0 Å². The van der Waals surface area contributed by atoms with Gasteiger partial charge in [0.15, 0.2) is 0 Å². The van der Waals surface area contributed by atoms with E-state index < -0.39 is 0 Å². The molecule has 0 fully saturated rings. The van der Waals surface area contributed by atoms with Crippen molar-refractivity contribution < 1.29 is 4.39 Å². The van der Waals surface area contributed by atoms with E-state index in [1.54, 1.807) is 6.07 Å². The minimum atomic E-state index is -0.341. The van der Waals surface area contributed by atoms with E-state index in [0.717, 1.165) is 4.90 Å². The van der Waals surface area contributed by atoms with E-state index in [1.807, 2.05) is 12.3 Å². The first kappa shape index (κ1) is 10.9. The summed E-state index contributed by atoms with van der Waals surface area (Å²) in [6.07, 6.45) is 1.88. The molecule has 1 aromatic carbocycles. The molecule has 0 spiro atoms. The number of hydrogen-bond donors (Lipinski definition) is 1. The van der Waals surface area contributed by atoms with Crippen LogP contribution >= 0.6 is 11.8 Å². The highest BCUT2D eigenvalue weighted by atomic mass is 32.2. The Morgan fingerprint density at radius 2 is 2.12 bits per heavy atom. The van der Waals surface area contributed by atoms with Crippen molar-refractivity contribution in [2.45, 2.75) is 4.90 Å². The van der Waals surface area contributed by atoms with Gasteiger partial charge in [-0.05, 0) is 30.5 Å². The van der Waals surface area contributed by atoms with Crippen molar-refractivity contribution in [3.05, 3.63) is 46.5 Å². The predicted molar refractivity (Wildman–Crippen MR) is 62.0 cm³/mol. The van der Waals surface area contributed by atoms with E-state index in [2.05, 4.69) is 10.2 Å². The van der Waals surface area contributed by atoms with Crippen molar-refractivity contribution in [2.24, 2.45) is 0 Å². The van der Waals surface area contributed by atoms with Crippen molar-refractivity contribution in [3.8, 4) is 11.3 Å². The van der Waals surface area contributed by atoms with E-state index in [4.69, 9.17) is 0 Å². The Morgan fingerprint density at radius 3 is 2.69 bits per heavy atom. The lowest BCUT2D eigenvalue weighted by molar-refractivity contribution is 0.626. The first-order chi connectivity index (χ1) is 7.70. The van der Waals surface area contributed by atoms with Gasteiger partial charge >= 0.3 is 0 Å². The average Bonchev–Trinajstić information content (AvgIpc) is 2.30. The second kappa shape index (κ2) is 4.49. The lowest BCUT2D eigenvalue weighted by Gasteiger charge is -2.03. The molecule has 1 N–H and O–H groups in total. The molecule has 0 saturated heterocycles. The Bertz CT molecular complexity index is 548. The van der Waals surface area contributed by atoms with Gasteiger partial charge in [-0.25, -0.2) is 9.49 Å². The normalized spacial score (nSPS) is 10.4. The highest BCUT2D eigenvalue weighted by Crippen LogP contribution is 2.24. The van der Waals surface area contributed by atoms with Gasteiger partial charge in [-0.1, -0.05) is 0 Å². The van der Waals surface area contributed by atoms with Crippen LogP contribution in [0.4, 0.5) is 4.39 Å². The maximum absolute atomic E-state index is 13.7. The van der Waals surface area contributed by atoms with E-state index in [9.17, 15) is 9.18 Å². The summed E-state index contributed by atoms with van der Waals surface area (Å²) in [5, 5.41) is 6.06. The van der Waals surface area contributed by atoms with Crippen molar-refractivity contribution in [3.63, 3.8) is 0 Å². The number of H-pyrrole nitrogens is 1. The molecule has 1 heterocycles. The zero-order chi connectivity index (χ0) is 11.5. The molecule has 3 nitrogen and oxygen atoms in total. The largest absolute Gasteiger partial charge is 0.268 e. The fourth-order valence-corrected chi connectivity index (χ4v) is 1.75. The maximum Gasteiger partial charge on any atom is 0.264 e. The van der Waals surface area contributed by atoms with Gasteiger partial charge in [0.1, 0.15) is 5.82 Å². The molecule has 0 radical (unpaired) electrons. The summed E-state index contributed by atoms with van der Waals surface area (Å²) in [7, 11) is 0. The molecular formula is C11H9FN2OS. The first-order valence-electron chi connectivity index (χ1n) is 4.60. The molecule has 0 unspecified atom stereocenters. The number of halogens is 1. The van der Waals surface area contributed by atoms with Gasteiger partial charge in [0.05, 0.1) is 5.69 Å². The molecule has 0 atom stereocenters. The fraction of sp³-hybridized carbons (Fsp3) is 0.0909. The van der Waals surface area contributed by atoms with Gasteiger partial charge in [-0.3, -0.25) is 4.79 Å². The third-order valence-electron chi connectivity index (χ3n) is 2.13. The fourth-order valence-electron chi connectivity index (χ4n) is 1.33. The Kier molecular flexibility index (Phi) is 3.05. The molecule has 16 heavy (non-hydrogen) atoms. The van der Waals surface area contributed by atoms with Gasteiger partial charge in [0, 0.05) is 16.5 Å². The summed E-state index contributed by atoms with van der Waals surface area (Å²) in [5.74, 6) is -0.341. The summed E-state index contributed by atoms with van der Waals surface area (Å²) >= 11 is 1.47. The van der Waals surface area contributed by atoms with Crippen LogP contribution in [0, 0.1) is 5.82 Å². The minimum absolute atomic E-state index is 0.301. The Morgan fingerprint density at radius 1 is 1.31 bits per heavy atom. The SMILES string of the molecule is CSc1ccc(-c2ccc(=O)[nH]n2)c(F)c1. The second-order valence-corrected chi connectivity index (χ2v) is 4.03. The first-order valence-corrected chi connectivity index (χ1v) is 5.83. The van der Waals surface area contributed by atoms with Crippen LogP contribution in [0.25, 0.3) is 11.3 Å². The smallest absolute Gasteiger partial charge is 0.264 e. The third-order valence-corrected chi connectivity index (χ3v) is 2.86. The number of nitrogens with one attached hydrogen (secondary N) is 1. The van der Waals surface area contributed by atoms with Crippen molar-refractivity contribution in [2.75, 3.05) is 6.26 Å². The number of hydrogen-bond acceptors (Lipinski definition) is 3. The number of nitrogens with zero attached hydrogens (tertiary/aromatic N) is 1. The van der Waals surface area contributed by atoms with Crippen LogP contribution in [0.15, 0.2) is 40.0 Å². The molecule has 82 valence electrons. The predicted octanol–water partition coefficient (Wildman–Crippen LogP) is 2.30. The van der Waals surface area contributed by atoms with E-state index in [1.165, 1.54) is 30.0 Å². The number of rotatable bonds is 2. The number of thioether (sulfide) groups is 1. The molecule has 0 amide bonds. The lowest BCUT2D eigenvalue weighted by atomic mass is 10.1. The second-order valence-electron chi connectivity index (χ2n) is 3.15. The summed E-state index contributed by atoms with van der Waals surface area (Å²) in [4.78, 5) is 11.7. The number of aromatic nitrogens is 2. The molecular weight excluding hydrogens is 227 g/mol. The van der Waals surface area contributed by atoms with Gasteiger partial charge in [0.2, 0.25) is 0 Å². The zero-order valence-electron chi connectivity index (χ0n) is 8.53. The highest BCUT2D eigenvalue weighted by Gasteiger charge is 2.07. The van der Waals surface area contributed by atoms with Crippen molar-refractivity contribution in [1.82, 2.24) is 10.2 Å². The van der Waals surface area contributed by atoms with E-state index in [-0.39, 0.29) is 11.4 Å². The molecule has 1 aromatic heterocycles. The Labute approximate surface area is 95.7 Å². The van der Waals surface area contributed by atoms with Crippen LogP contribution in [0.5, 0.6) is 0 Å². The van der Waals surface area contributed by atoms with Crippen LogP contribution in [-0.2, 0) is 0 Å². The summed E-state index contributed by atoms with van der Waals surface area (Å²) in [6, 6.07) is 7.74. The third kappa shape index (κ3) is 2.14. The van der Waals surface area contributed by atoms with Gasteiger partial charge in [0.25, 0.3) is 5.56 Å². The topological polar surface area (TPSA) is 45.8 Å². The molecule has 0 bridgehead atoms. The van der Waals surface area contributed by atoms with Crippen LogP contribution in [0.2, 0.25) is 0 Å². The monoisotopic (exact) mass is 236 g/mol. The molecule has 0 aliphatic carbocycles. The molecule has 0 aliphatic heterocycles. The Balaban J connectivity index is 2.48. The minimum Gasteiger partial charge on any atom is -0.268 e. The lowest BCUT2D eigenvalue weighted by Crippen LogP contribution is -2.05. The number of benzene rings is 1. The molecule has 5 heteroatoms. The Hall–Kier alpha value is -1.62. The average molecular weight is 236 g/mol. The molecule has 0 aliphatic rings. The van der Waals surface area contributed by atoms with Crippen LogP contribution in [-0.4, -0.2) is 16.5 Å². The summed E-state index contributed by atoms with van der Waals surface area (Å²) in [6.45, 7) is 0. The molecule has 0 saturated carbocycles. The van der Waals surface area contributed by atoms with E-state index >= 15 is 0 Å². The molecule has 2 aromatic rings. The maximum atomic E-state index is 13.7. The van der Waals surface area contributed by atoms with E-state index in [0.29, 0.717) is 11.3 Å². The summed E-state index contributed by atoms with van der Waals surface area (Å²) < 4.78 is 13.7.